The first-order valence-electron chi connectivity index (χ1n) is 7.91. The van der Waals surface area contributed by atoms with E-state index < -0.39 is 0 Å². The Hall–Kier alpha value is -2.47. The Kier molecular flexibility index (Phi) is 3.46. The van der Waals surface area contributed by atoms with Crippen molar-refractivity contribution in [2.24, 2.45) is 11.8 Å². The Bertz CT molecular complexity index is 753. The van der Waals surface area contributed by atoms with Gasteiger partial charge in [-0.1, -0.05) is 6.07 Å². The molecule has 1 aliphatic heterocycles. The van der Waals surface area contributed by atoms with Crippen LogP contribution in [-0.4, -0.2) is 34.7 Å². The lowest BCUT2D eigenvalue weighted by Gasteiger charge is -2.13. The third-order valence-electron chi connectivity index (χ3n) is 4.80. The van der Waals surface area contributed by atoms with Crippen LogP contribution in [0.2, 0.25) is 0 Å². The number of hydrogen-bond acceptors (Lipinski definition) is 4. The number of anilines is 1. The molecule has 0 bridgehead atoms. The van der Waals surface area contributed by atoms with E-state index in [1.54, 1.807) is 30.6 Å². The lowest BCUT2D eigenvalue weighted by Crippen LogP contribution is -2.24. The standard InChI is InChI=1S/C17H18N4O2/c22-16-11-8-18-7-10(11)4-5-13-15(16)12(9-20-13)17(23)21-14-3-1-2-6-19-14/h1-3,6,9-11,18,20H,4-5,7-8H2,(H,19,21,23). The van der Waals surface area contributed by atoms with Gasteiger partial charge in [0.25, 0.3) is 5.91 Å². The number of hydrogen-bond donors (Lipinski definition) is 3. The van der Waals surface area contributed by atoms with Gasteiger partial charge in [0.05, 0.1) is 11.1 Å². The summed E-state index contributed by atoms with van der Waals surface area (Å²) in [5.41, 5.74) is 1.87. The van der Waals surface area contributed by atoms with Gasteiger partial charge >= 0.3 is 0 Å². The van der Waals surface area contributed by atoms with Crippen molar-refractivity contribution in [2.75, 3.05) is 18.4 Å². The van der Waals surface area contributed by atoms with Gasteiger partial charge in [0.2, 0.25) is 0 Å². The fraction of sp³-hybridized carbons (Fsp3) is 0.353. The van der Waals surface area contributed by atoms with Gasteiger partial charge in [-0.3, -0.25) is 9.59 Å². The van der Waals surface area contributed by atoms with E-state index in [0.29, 0.717) is 29.4 Å². The van der Waals surface area contributed by atoms with Crippen molar-refractivity contribution < 1.29 is 9.59 Å². The summed E-state index contributed by atoms with van der Waals surface area (Å²) in [6, 6.07) is 5.32. The maximum atomic E-state index is 12.9. The number of aryl methyl sites for hydroxylation is 1. The number of nitrogens with one attached hydrogen (secondary N) is 3. The van der Waals surface area contributed by atoms with E-state index >= 15 is 0 Å². The third-order valence-corrected chi connectivity index (χ3v) is 4.80. The molecule has 1 saturated heterocycles. The van der Waals surface area contributed by atoms with Crippen LogP contribution in [0.3, 0.4) is 0 Å². The highest BCUT2D eigenvalue weighted by molar-refractivity contribution is 6.14. The molecule has 118 valence electrons. The van der Waals surface area contributed by atoms with E-state index in [4.69, 9.17) is 0 Å². The minimum absolute atomic E-state index is 0.0200. The smallest absolute Gasteiger partial charge is 0.259 e. The normalized spacial score (nSPS) is 23.0. The fourth-order valence-electron chi connectivity index (χ4n) is 3.60. The summed E-state index contributed by atoms with van der Waals surface area (Å²) in [7, 11) is 0. The second-order valence-corrected chi connectivity index (χ2v) is 6.15. The molecule has 2 aliphatic rings. The van der Waals surface area contributed by atoms with Crippen molar-refractivity contribution in [3.63, 3.8) is 0 Å². The molecule has 2 aromatic rings. The summed E-state index contributed by atoms with van der Waals surface area (Å²) < 4.78 is 0. The Balaban J connectivity index is 1.65. The van der Waals surface area contributed by atoms with Crippen LogP contribution in [0.5, 0.6) is 0 Å². The molecular weight excluding hydrogens is 292 g/mol. The van der Waals surface area contributed by atoms with Gasteiger partial charge in [0.15, 0.2) is 5.78 Å². The van der Waals surface area contributed by atoms with E-state index in [0.717, 1.165) is 25.1 Å². The highest BCUT2D eigenvalue weighted by Crippen LogP contribution is 2.33. The highest BCUT2D eigenvalue weighted by atomic mass is 16.2. The predicted octanol–water partition coefficient (Wildman–Crippen LogP) is 1.63. The summed E-state index contributed by atoms with van der Waals surface area (Å²) >= 11 is 0. The van der Waals surface area contributed by atoms with Crippen molar-refractivity contribution in [2.45, 2.75) is 12.8 Å². The molecular formula is C17H18N4O2. The number of carbonyl (C=O) groups is 2. The maximum Gasteiger partial charge on any atom is 0.259 e. The molecule has 1 fully saturated rings. The van der Waals surface area contributed by atoms with Gasteiger partial charge < -0.3 is 15.6 Å². The number of carbonyl (C=O) groups excluding carboxylic acids is 2. The largest absolute Gasteiger partial charge is 0.364 e. The summed E-state index contributed by atoms with van der Waals surface area (Å²) in [6.07, 6.45) is 5.04. The van der Waals surface area contributed by atoms with Crippen LogP contribution >= 0.6 is 0 Å². The molecule has 23 heavy (non-hydrogen) atoms. The molecule has 6 heteroatoms. The molecule has 0 spiro atoms. The SMILES string of the molecule is O=C(Nc1ccccn1)c1c[nH]c2c1C(=O)C1CNCC1CC2. The Morgan fingerprint density at radius 1 is 1.30 bits per heavy atom. The second-order valence-electron chi connectivity index (χ2n) is 6.15. The van der Waals surface area contributed by atoms with Crippen molar-refractivity contribution in [3.8, 4) is 0 Å². The van der Waals surface area contributed by atoms with Gasteiger partial charge in [-0.25, -0.2) is 4.98 Å². The summed E-state index contributed by atoms with van der Waals surface area (Å²) in [6.45, 7) is 1.59. The summed E-state index contributed by atoms with van der Waals surface area (Å²) in [5.74, 6) is 0.622. The lowest BCUT2D eigenvalue weighted by molar-refractivity contribution is 0.0897. The topological polar surface area (TPSA) is 86.9 Å². The number of pyridine rings is 1. The quantitative estimate of drug-likeness (QED) is 0.787. The number of rotatable bonds is 2. The number of nitrogens with zero attached hydrogens (tertiary/aromatic N) is 1. The van der Waals surface area contributed by atoms with Gasteiger partial charge in [-0.15, -0.1) is 0 Å². The van der Waals surface area contributed by atoms with Crippen LogP contribution in [0.4, 0.5) is 5.82 Å². The van der Waals surface area contributed by atoms with E-state index in [1.165, 1.54) is 0 Å². The molecule has 3 heterocycles. The Morgan fingerprint density at radius 3 is 3.04 bits per heavy atom. The van der Waals surface area contributed by atoms with E-state index in [-0.39, 0.29) is 17.6 Å². The fourth-order valence-corrected chi connectivity index (χ4v) is 3.60. The number of fused-ring (bicyclic) bond motifs is 2. The third kappa shape index (κ3) is 2.45. The monoisotopic (exact) mass is 310 g/mol. The number of aromatic nitrogens is 2. The zero-order chi connectivity index (χ0) is 15.8. The predicted molar refractivity (Wildman–Crippen MR) is 85.5 cm³/mol. The molecule has 0 aromatic carbocycles. The molecule has 0 radical (unpaired) electrons. The average Bonchev–Trinajstić information content (AvgIpc) is 3.17. The molecule has 1 amide bonds. The lowest BCUT2D eigenvalue weighted by atomic mass is 9.88. The Labute approximate surface area is 133 Å². The van der Waals surface area contributed by atoms with Crippen LogP contribution in [0.1, 0.15) is 32.8 Å². The number of amides is 1. The molecule has 2 atom stereocenters. The van der Waals surface area contributed by atoms with Gasteiger partial charge in [0, 0.05) is 30.6 Å². The molecule has 1 aliphatic carbocycles. The zero-order valence-corrected chi connectivity index (χ0v) is 12.6. The Morgan fingerprint density at radius 2 is 2.22 bits per heavy atom. The van der Waals surface area contributed by atoms with Crippen molar-refractivity contribution in [1.29, 1.82) is 0 Å². The molecule has 0 saturated carbocycles. The minimum atomic E-state index is -0.293. The molecule has 3 N–H and O–H groups in total. The van der Waals surface area contributed by atoms with Crippen molar-refractivity contribution in [3.05, 3.63) is 47.4 Å². The zero-order valence-electron chi connectivity index (χ0n) is 12.6. The number of Topliss-reactive ketones (excluding diaryl/α,β-unsaturated/α-hetero) is 1. The first-order chi connectivity index (χ1) is 11.2. The number of ketones is 1. The van der Waals surface area contributed by atoms with E-state index in [1.807, 2.05) is 0 Å². The first-order valence-corrected chi connectivity index (χ1v) is 7.91. The minimum Gasteiger partial charge on any atom is -0.364 e. The van der Waals surface area contributed by atoms with Crippen LogP contribution in [-0.2, 0) is 6.42 Å². The highest BCUT2D eigenvalue weighted by Gasteiger charge is 2.39. The number of aromatic amines is 1. The average molecular weight is 310 g/mol. The molecule has 6 nitrogen and oxygen atoms in total. The van der Waals surface area contributed by atoms with Gasteiger partial charge in [0.1, 0.15) is 5.82 Å². The van der Waals surface area contributed by atoms with Gasteiger partial charge in [-0.05, 0) is 37.4 Å². The molecule has 2 aromatic heterocycles. The molecule has 2 unspecified atom stereocenters. The number of H-pyrrole nitrogens is 1. The van der Waals surface area contributed by atoms with Crippen LogP contribution in [0, 0.1) is 11.8 Å². The molecule has 4 rings (SSSR count). The van der Waals surface area contributed by atoms with Crippen LogP contribution in [0.25, 0.3) is 0 Å². The van der Waals surface area contributed by atoms with Gasteiger partial charge in [-0.2, -0.15) is 0 Å². The van der Waals surface area contributed by atoms with Crippen LogP contribution < -0.4 is 10.6 Å². The second kappa shape index (κ2) is 5.62. The van der Waals surface area contributed by atoms with Crippen LogP contribution in [0.15, 0.2) is 30.6 Å². The van der Waals surface area contributed by atoms with Crippen molar-refractivity contribution >= 4 is 17.5 Å². The first kappa shape index (κ1) is 14.1. The van der Waals surface area contributed by atoms with E-state index in [9.17, 15) is 9.59 Å². The maximum absolute atomic E-state index is 12.9. The summed E-state index contributed by atoms with van der Waals surface area (Å²) in [4.78, 5) is 32.7. The van der Waals surface area contributed by atoms with E-state index in [2.05, 4.69) is 20.6 Å². The van der Waals surface area contributed by atoms with Crippen molar-refractivity contribution in [1.82, 2.24) is 15.3 Å². The summed E-state index contributed by atoms with van der Waals surface area (Å²) in [5, 5.41) is 6.05.